The first-order chi connectivity index (χ1) is 27.2. The molecule has 1 saturated heterocycles. The number of amides is 4. The van der Waals surface area contributed by atoms with Crippen LogP contribution in [0.2, 0.25) is 5.02 Å². The molecule has 4 amide bonds. The molecule has 2 saturated carbocycles. The lowest BCUT2D eigenvalue weighted by molar-refractivity contribution is -0.244. The molecule has 0 spiro atoms. The molecular formula is C38H51ClF3N5O11S. The quantitative estimate of drug-likeness (QED) is 0.192. The SMILES string of the molecule is CC[C@@H]1C[C@]1(NC(=O)[C@@H]1C[C@@H](Oc2cc(OCCOC)nc3c(Cl)cccc23)CN1C(=O)[C@@H](NC(=O)OC(C)(C)C(F)(F)F)C(C)(C)C)C(=O)NS(=O)(=O)OC1(C)CC1. The van der Waals surface area contributed by atoms with Gasteiger partial charge in [0.25, 0.3) is 5.91 Å². The number of nitrogens with one attached hydrogen (secondary N) is 3. The molecule has 1 aliphatic heterocycles. The Hall–Kier alpha value is -4.14. The summed E-state index contributed by atoms with van der Waals surface area (Å²) in [5.41, 5.74) is -6.35. The summed E-state index contributed by atoms with van der Waals surface area (Å²) in [6.45, 7) is 9.43. The Bertz CT molecular complexity index is 2060. The standard InChI is InChI=1S/C38H51ClF3N5O11S/c1-9-21-19-37(21,32(50)46-59(52,53)58-36(7)13-14-36)45-30(48)25-17-22(56-26-18-27(55-16-15-54-8)43-28-23(26)11-10-12-24(28)39)20-47(25)31(49)29(34(2,3)4)44-33(51)57-35(5,6)38(40,41)42/h10-12,18,21-22,25,29H,9,13-17,19-20H2,1-8H3,(H,44,51)(H,45,48)(H,46,50)/t21-,22-,25+,29-,37-/m1/s1. The molecule has 3 N–H and O–H groups in total. The van der Waals surface area contributed by atoms with Gasteiger partial charge in [0, 0.05) is 25.0 Å². The van der Waals surface area contributed by atoms with Crippen LogP contribution in [0.5, 0.6) is 11.6 Å². The Morgan fingerprint density at radius 3 is 2.34 bits per heavy atom. The molecule has 328 valence electrons. The zero-order valence-electron chi connectivity index (χ0n) is 34.1. The molecule has 0 unspecified atom stereocenters. The molecule has 3 aliphatic rings. The van der Waals surface area contributed by atoms with E-state index in [1.54, 1.807) is 52.8 Å². The number of nitrogens with zero attached hydrogens (tertiary/aromatic N) is 2. The van der Waals surface area contributed by atoms with Crippen LogP contribution in [0.25, 0.3) is 10.9 Å². The molecule has 16 nitrogen and oxygen atoms in total. The van der Waals surface area contributed by atoms with E-state index in [1.165, 1.54) is 13.2 Å². The van der Waals surface area contributed by atoms with Crippen molar-refractivity contribution in [3.8, 4) is 11.6 Å². The lowest BCUT2D eigenvalue weighted by Crippen LogP contribution is -2.60. The van der Waals surface area contributed by atoms with Crippen molar-refractivity contribution in [3.05, 3.63) is 29.3 Å². The number of fused-ring (bicyclic) bond motifs is 1. The van der Waals surface area contributed by atoms with E-state index in [0.29, 0.717) is 44.0 Å². The highest BCUT2D eigenvalue weighted by Crippen LogP contribution is 2.47. The van der Waals surface area contributed by atoms with Crippen LogP contribution in [0.3, 0.4) is 0 Å². The van der Waals surface area contributed by atoms with Crippen molar-refractivity contribution in [3.63, 3.8) is 0 Å². The van der Waals surface area contributed by atoms with Crippen molar-refractivity contribution < 1.29 is 63.9 Å². The number of hydrogen-bond donors (Lipinski definition) is 3. The van der Waals surface area contributed by atoms with Crippen LogP contribution < -0.4 is 24.8 Å². The van der Waals surface area contributed by atoms with E-state index in [0.717, 1.165) is 4.90 Å². The van der Waals surface area contributed by atoms with Crippen LogP contribution in [-0.2, 0) is 38.3 Å². The van der Waals surface area contributed by atoms with Gasteiger partial charge in [-0.25, -0.2) is 18.7 Å². The Morgan fingerprint density at radius 1 is 1.08 bits per heavy atom. The number of methoxy groups -OCH3 is 1. The van der Waals surface area contributed by atoms with Crippen LogP contribution in [0.4, 0.5) is 18.0 Å². The number of para-hydroxylation sites is 1. The molecule has 1 aromatic heterocycles. The molecular weight excluding hydrogens is 827 g/mol. The van der Waals surface area contributed by atoms with Crippen molar-refractivity contribution in [1.29, 1.82) is 0 Å². The van der Waals surface area contributed by atoms with E-state index in [1.807, 2.05) is 4.72 Å². The second-order valence-corrected chi connectivity index (χ2v) is 18.6. The largest absolute Gasteiger partial charge is 0.488 e. The van der Waals surface area contributed by atoms with Gasteiger partial charge in [-0.15, -0.1) is 0 Å². The van der Waals surface area contributed by atoms with Crippen LogP contribution in [-0.4, -0.2) is 110 Å². The number of alkyl carbamates (subject to hydrolysis) is 1. The van der Waals surface area contributed by atoms with E-state index in [4.69, 9.17) is 34.7 Å². The van der Waals surface area contributed by atoms with E-state index in [9.17, 15) is 40.8 Å². The number of likely N-dealkylation sites (tertiary alicyclic amines) is 1. The van der Waals surface area contributed by atoms with Gasteiger partial charge in [0.1, 0.15) is 36.1 Å². The zero-order chi connectivity index (χ0) is 43.9. The fourth-order valence-corrected chi connectivity index (χ4v) is 8.09. The van der Waals surface area contributed by atoms with Crippen molar-refractivity contribution in [2.75, 3.05) is 26.9 Å². The first-order valence-corrected chi connectivity index (χ1v) is 20.9. The summed E-state index contributed by atoms with van der Waals surface area (Å²) in [7, 11) is -3.06. The smallest absolute Gasteiger partial charge is 0.427 e. The number of carbonyl (C=O) groups is 4. The second-order valence-electron chi connectivity index (χ2n) is 16.9. The van der Waals surface area contributed by atoms with Gasteiger partial charge in [0.05, 0.1) is 29.3 Å². The van der Waals surface area contributed by atoms with Crippen molar-refractivity contribution in [1.82, 2.24) is 25.2 Å². The van der Waals surface area contributed by atoms with Gasteiger partial charge in [-0.1, -0.05) is 51.8 Å². The van der Waals surface area contributed by atoms with E-state index in [2.05, 4.69) is 15.6 Å². The van der Waals surface area contributed by atoms with Gasteiger partial charge in [0.2, 0.25) is 23.3 Å². The number of halogens is 4. The average molecular weight is 878 g/mol. The normalized spacial score (nSPS) is 23.3. The Morgan fingerprint density at radius 2 is 1.76 bits per heavy atom. The number of benzene rings is 1. The number of rotatable bonds is 16. The van der Waals surface area contributed by atoms with Crippen molar-refractivity contribution in [2.45, 2.75) is 122 Å². The highest BCUT2D eigenvalue weighted by atomic mass is 35.5. The highest BCUT2D eigenvalue weighted by Gasteiger charge is 2.62. The minimum atomic E-state index is -4.94. The van der Waals surface area contributed by atoms with Gasteiger partial charge in [-0.2, -0.15) is 21.6 Å². The molecule has 3 fully saturated rings. The maximum atomic E-state index is 14.6. The van der Waals surface area contributed by atoms with Crippen molar-refractivity contribution >= 4 is 56.6 Å². The monoisotopic (exact) mass is 877 g/mol. The lowest BCUT2D eigenvalue weighted by atomic mass is 9.85. The van der Waals surface area contributed by atoms with Gasteiger partial charge < -0.3 is 34.5 Å². The minimum absolute atomic E-state index is 0.0804. The Labute approximate surface area is 345 Å². The van der Waals surface area contributed by atoms with Crippen LogP contribution in [0, 0.1) is 11.3 Å². The third-order valence-electron chi connectivity index (χ3n) is 10.6. The molecule has 0 radical (unpaired) electrons. The van der Waals surface area contributed by atoms with Crippen LogP contribution in [0.1, 0.15) is 80.6 Å². The predicted molar refractivity (Wildman–Crippen MR) is 207 cm³/mol. The number of pyridine rings is 1. The second kappa shape index (κ2) is 16.7. The van der Waals surface area contributed by atoms with E-state index in [-0.39, 0.29) is 49.3 Å². The number of hydrogen-bond acceptors (Lipinski definition) is 12. The molecule has 1 aromatic carbocycles. The summed E-state index contributed by atoms with van der Waals surface area (Å²) in [4.78, 5) is 61.2. The first-order valence-electron chi connectivity index (χ1n) is 19.1. The van der Waals surface area contributed by atoms with E-state index < -0.39 is 86.6 Å². The minimum Gasteiger partial charge on any atom is -0.488 e. The van der Waals surface area contributed by atoms with Crippen molar-refractivity contribution in [2.24, 2.45) is 11.3 Å². The average Bonchev–Trinajstić information content (AvgIpc) is 3.98. The Balaban J connectivity index is 1.47. The predicted octanol–water partition coefficient (Wildman–Crippen LogP) is 4.96. The fraction of sp³-hybridized carbons (Fsp3) is 0.658. The van der Waals surface area contributed by atoms with E-state index >= 15 is 0 Å². The van der Waals surface area contributed by atoms with Crippen LogP contribution in [0.15, 0.2) is 24.3 Å². The molecule has 0 bridgehead atoms. The zero-order valence-corrected chi connectivity index (χ0v) is 35.7. The molecule has 5 atom stereocenters. The summed E-state index contributed by atoms with van der Waals surface area (Å²) in [5, 5.41) is 5.72. The number of carbonyl (C=O) groups excluding carboxylic acids is 4. The summed E-state index contributed by atoms with van der Waals surface area (Å²) in [6, 6.07) is 3.56. The fourth-order valence-electron chi connectivity index (χ4n) is 6.73. The van der Waals surface area contributed by atoms with Gasteiger partial charge >= 0.3 is 22.6 Å². The molecule has 5 rings (SSSR count). The summed E-state index contributed by atoms with van der Waals surface area (Å²) < 4.78 is 95.6. The first kappa shape index (κ1) is 45.9. The number of aromatic nitrogens is 1. The lowest BCUT2D eigenvalue weighted by Gasteiger charge is -2.36. The summed E-state index contributed by atoms with van der Waals surface area (Å²) in [6.07, 6.45) is -6.18. The maximum Gasteiger partial charge on any atom is 0.427 e. The maximum absolute atomic E-state index is 14.6. The summed E-state index contributed by atoms with van der Waals surface area (Å²) >= 11 is 6.49. The van der Waals surface area contributed by atoms with Gasteiger partial charge in [-0.3, -0.25) is 14.4 Å². The molecule has 21 heteroatoms. The summed E-state index contributed by atoms with van der Waals surface area (Å²) in [5.74, 6) is -2.84. The van der Waals surface area contributed by atoms with Gasteiger partial charge in [-0.05, 0) is 63.5 Å². The molecule has 2 aromatic rings. The topological polar surface area (TPSA) is 201 Å². The number of ether oxygens (including phenoxy) is 4. The third kappa shape index (κ3) is 10.6. The molecule has 2 heterocycles. The van der Waals surface area contributed by atoms with Crippen LogP contribution >= 0.6 is 11.6 Å². The highest BCUT2D eigenvalue weighted by molar-refractivity contribution is 7.85. The Kier molecular flexibility index (Phi) is 13.0. The molecule has 2 aliphatic carbocycles. The number of alkyl halides is 3. The molecule has 59 heavy (non-hydrogen) atoms. The van der Waals surface area contributed by atoms with Gasteiger partial charge in [0.15, 0.2) is 0 Å². The third-order valence-corrected chi connectivity index (χ3v) is 12.0.